The Morgan fingerprint density at radius 2 is 1.81 bits per heavy atom. The Kier molecular flexibility index (Phi) is 4.66. The van der Waals surface area contributed by atoms with Crippen molar-refractivity contribution in [3.8, 4) is 0 Å². The molecule has 0 amide bonds. The fraction of sp³-hybridized carbons (Fsp3) is 0.250. The third-order valence-corrected chi connectivity index (χ3v) is 6.25. The molecule has 1 aliphatic rings. The van der Waals surface area contributed by atoms with Gasteiger partial charge in [0.25, 0.3) is 5.56 Å². The molecular weight excluding hydrogens is 426 g/mol. The number of hydrogen-bond donors (Lipinski definition) is 0. The van der Waals surface area contributed by atoms with Gasteiger partial charge in [-0.3, -0.25) is 9.36 Å². The van der Waals surface area contributed by atoms with E-state index in [1.54, 1.807) is 10.9 Å². The van der Waals surface area contributed by atoms with E-state index in [4.69, 9.17) is 26.3 Å². The van der Waals surface area contributed by atoms with Crippen LogP contribution in [-0.4, -0.2) is 36.8 Å². The first kappa shape index (κ1) is 19.4. The molecule has 1 atom stereocenters. The predicted octanol–water partition coefficient (Wildman–Crippen LogP) is 4.18. The van der Waals surface area contributed by atoms with Crippen LogP contribution in [0.1, 0.15) is 18.4 Å². The molecule has 32 heavy (non-hydrogen) atoms. The molecule has 3 aromatic heterocycles. The summed E-state index contributed by atoms with van der Waals surface area (Å²) in [4.78, 5) is 27.9. The predicted molar refractivity (Wildman–Crippen MR) is 124 cm³/mol. The topological polar surface area (TPSA) is 74.8 Å². The minimum Gasteiger partial charge on any atom is -0.376 e. The maximum Gasteiger partial charge on any atom is 0.265 e. The van der Waals surface area contributed by atoms with Crippen LogP contribution in [0.15, 0.2) is 59.7 Å². The number of fused-ring (bicyclic) bond motifs is 4. The van der Waals surface area contributed by atoms with Crippen molar-refractivity contribution < 1.29 is 4.74 Å². The van der Waals surface area contributed by atoms with Gasteiger partial charge < -0.3 is 9.30 Å². The van der Waals surface area contributed by atoms with E-state index in [1.165, 1.54) is 0 Å². The molecule has 8 heteroatoms. The number of rotatable bonds is 4. The highest BCUT2D eigenvalue weighted by Crippen LogP contribution is 2.26. The lowest BCUT2D eigenvalue weighted by Gasteiger charge is -2.11. The molecule has 0 radical (unpaired) electrons. The number of nitrogens with zero attached hydrogens (tertiary/aromatic N) is 5. The first-order chi connectivity index (χ1) is 15.7. The van der Waals surface area contributed by atoms with Crippen LogP contribution < -0.4 is 5.56 Å². The second kappa shape index (κ2) is 7.69. The summed E-state index contributed by atoms with van der Waals surface area (Å²) in [6, 6.07) is 15.3. The highest BCUT2D eigenvalue weighted by Gasteiger charge is 2.22. The highest BCUT2D eigenvalue weighted by atomic mass is 35.5. The van der Waals surface area contributed by atoms with E-state index >= 15 is 0 Å². The Labute approximate surface area is 188 Å². The lowest BCUT2D eigenvalue weighted by Crippen LogP contribution is -2.26. The monoisotopic (exact) mass is 445 g/mol. The molecule has 0 unspecified atom stereocenters. The van der Waals surface area contributed by atoms with Gasteiger partial charge in [-0.25, -0.2) is 15.0 Å². The number of halogens is 1. The Hall–Kier alpha value is -3.29. The van der Waals surface area contributed by atoms with Crippen molar-refractivity contribution in [3.05, 3.63) is 75.8 Å². The smallest absolute Gasteiger partial charge is 0.265 e. The first-order valence-corrected chi connectivity index (χ1v) is 11.1. The number of aromatic nitrogens is 5. The maximum absolute atomic E-state index is 13.5. The minimum atomic E-state index is -0.116. The van der Waals surface area contributed by atoms with Gasteiger partial charge in [-0.2, -0.15) is 0 Å². The van der Waals surface area contributed by atoms with Crippen LogP contribution in [-0.2, 0) is 17.8 Å². The van der Waals surface area contributed by atoms with Crippen molar-refractivity contribution in [3.63, 3.8) is 0 Å². The van der Waals surface area contributed by atoms with Crippen molar-refractivity contribution in [1.82, 2.24) is 24.1 Å². The van der Waals surface area contributed by atoms with Crippen molar-refractivity contribution in [2.45, 2.75) is 32.0 Å². The first-order valence-electron chi connectivity index (χ1n) is 10.7. The second-order valence-corrected chi connectivity index (χ2v) is 8.57. The summed E-state index contributed by atoms with van der Waals surface area (Å²) in [6.07, 6.45) is 3.63. The Morgan fingerprint density at radius 3 is 2.56 bits per heavy atom. The molecular formula is C24H20ClN5O2. The van der Waals surface area contributed by atoms with E-state index in [9.17, 15) is 4.79 Å². The summed E-state index contributed by atoms with van der Waals surface area (Å²) in [5.41, 5.74) is 4.25. The second-order valence-electron chi connectivity index (χ2n) is 8.13. The van der Waals surface area contributed by atoms with Crippen LogP contribution in [0.3, 0.4) is 0 Å². The van der Waals surface area contributed by atoms with Gasteiger partial charge in [0.15, 0.2) is 11.3 Å². The molecule has 0 N–H and O–H groups in total. The van der Waals surface area contributed by atoms with E-state index in [0.717, 1.165) is 36.0 Å². The third-order valence-electron chi connectivity index (χ3n) is 6.00. The normalized spacial score (nSPS) is 16.5. The van der Waals surface area contributed by atoms with Crippen molar-refractivity contribution in [1.29, 1.82) is 0 Å². The largest absolute Gasteiger partial charge is 0.376 e. The van der Waals surface area contributed by atoms with Gasteiger partial charge in [0.2, 0.25) is 0 Å². The average Bonchev–Trinajstić information content (AvgIpc) is 3.42. The van der Waals surface area contributed by atoms with Crippen molar-refractivity contribution in [2.24, 2.45) is 0 Å². The zero-order valence-electron chi connectivity index (χ0n) is 17.2. The molecule has 0 spiro atoms. The lowest BCUT2D eigenvalue weighted by atomic mass is 10.2. The minimum absolute atomic E-state index is 0.0429. The van der Waals surface area contributed by atoms with Gasteiger partial charge in [-0.1, -0.05) is 35.9 Å². The van der Waals surface area contributed by atoms with Gasteiger partial charge in [-0.05, 0) is 42.7 Å². The molecule has 0 aliphatic carbocycles. The molecule has 0 saturated carbocycles. The SMILES string of the molecule is O=c1c2c3nc4ccccc4nc3n(Cc3ccc(Cl)cc3)c2ncn1C[C@H]1CCCO1. The Bertz CT molecular complexity index is 1520. The van der Waals surface area contributed by atoms with E-state index in [0.29, 0.717) is 40.3 Å². The summed E-state index contributed by atoms with van der Waals surface area (Å²) in [5, 5.41) is 1.17. The van der Waals surface area contributed by atoms with E-state index in [2.05, 4.69) is 4.98 Å². The molecule has 7 nitrogen and oxygen atoms in total. The molecule has 5 aromatic rings. The molecule has 2 aromatic carbocycles. The number of para-hydroxylation sites is 2. The quantitative estimate of drug-likeness (QED) is 0.415. The number of hydrogen-bond acceptors (Lipinski definition) is 5. The van der Waals surface area contributed by atoms with Gasteiger partial charge in [-0.15, -0.1) is 0 Å². The van der Waals surface area contributed by atoms with Crippen molar-refractivity contribution >= 4 is 44.8 Å². The summed E-state index contributed by atoms with van der Waals surface area (Å²) in [5.74, 6) is 0. The molecule has 1 fully saturated rings. The zero-order valence-corrected chi connectivity index (χ0v) is 18.0. The number of ether oxygens (including phenoxy) is 1. The summed E-state index contributed by atoms with van der Waals surface area (Å²) in [7, 11) is 0. The molecule has 4 heterocycles. The van der Waals surface area contributed by atoms with Gasteiger partial charge in [0.1, 0.15) is 10.9 Å². The standard InChI is InChI=1S/C24H20ClN5O2/c25-16-9-7-15(8-10-16)12-30-22-20(21-23(30)28-19-6-2-1-5-18(19)27-21)24(31)29(14-26-22)13-17-4-3-11-32-17/h1-2,5-10,14,17H,3-4,11-13H2/t17-/m1/s1. The molecule has 160 valence electrons. The summed E-state index contributed by atoms with van der Waals surface area (Å²) >= 11 is 6.06. The molecule has 1 saturated heterocycles. The Morgan fingerprint density at radius 1 is 1.03 bits per heavy atom. The highest BCUT2D eigenvalue weighted by molar-refractivity contribution is 6.30. The van der Waals surface area contributed by atoms with E-state index in [-0.39, 0.29) is 11.7 Å². The van der Waals surface area contributed by atoms with Gasteiger partial charge >= 0.3 is 0 Å². The fourth-order valence-electron chi connectivity index (χ4n) is 4.40. The Balaban J connectivity index is 1.59. The van der Waals surface area contributed by atoms with Crippen molar-refractivity contribution in [2.75, 3.05) is 6.61 Å². The lowest BCUT2D eigenvalue weighted by molar-refractivity contribution is 0.0960. The van der Waals surface area contributed by atoms with Crippen LogP contribution in [0, 0.1) is 0 Å². The number of benzene rings is 2. The van der Waals surface area contributed by atoms with E-state index in [1.807, 2.05) is 53.1 Å². The molecule has 0 bridgehead atoms. The average molecular weight is 446 g/mol. The summed E-state index contributed by atoms with van der Waals surface area (Å²) < 4.78 is 9.34. The van der Waals surface area contributed by atoms with Gasteiger partial charge in [0, 0.05) is 11.6 Å². The van der Waals surface area contributed by atoms with Crippen LogP contribution in [0.25, 0.3) is 33.2 Å². The van der Waals surface area contributed by atoms with Crippen LogP contribution in [0.2, 0.25) is 5.02 Å². The third kappa shape index (κ3) is 3.25. The zero-order chi connectivity index (χ0) is 21.7. The van der Waals surface area contributed by atoms with Crippen LogP contribution in [0.5, 0.6) is 0 Å². The van der Waals surface area contributed by atoms with E-state index < -0.39 is 0 Å². The molecule has 1 aliphatic heterocycles. The van der Waals surface area contributed by atoms with Gasteiger partial charge in [0.05, 0.1) is 36.6 Å². The fourth-order valence-corrected chi connectivity index (χ4v) is 4.53. The maximum atomic E-state index is 13.5. The van der Waals surface area contributed by atoms with Crippen LogP contribution >= 0.6 is 11.6 Å². The molecule has 6 rings (SSSR count). The summed E-state index contributed by atoms with van der Waals surface area (Å²) in [6.45, 7) is 1.74. The van der Waals surface area contributed by atoms with Crippen LogP contribution in [0.4, 0.5) is 0 Å².